The number of likely N-dealkylation sites (tertiary alicyclic amines) is 1. The Morgan fingerprint density at radius 3 is 2.52 bits per heavy atom. The van der Waals surface area contributed by atoms with E-state index in [0.717, 1.165) is 0 Å². The molecule has 0 radical (unpaired) electrons. The molecule has 1 saturated heterocycles. The summed E-state index contributed by atoms with van der Waals surface area (Å²) >= 11 is 5.73. The molecule has 1 aliphatic heterocycles. The van der Waals surface area contributed by atoms with E-state index in [2.05, 4.69) is 4.98 Å². The van der Waals surface area contributed by atoms with E-state index in [-0.39, 0.29) is 24.1 Å². The minimum Gasteiger partial charge on any atom is -0.481 e. The molecule has 23 heavy (non-hydrogen) atoms. The van der Waals surface area contributed by atoms with Gasteiger partial charge in [-0.25, -0.2) is 4.98 Å². The number of aliphatic carboxylic acids is 1. The predicted octanol–water partition coefficient (Wildman–Crippen LogP) is 1.13. The van der Waals surface area contributed by atoms with Crippen LogP contribution in [0.1, 0.15) is 23.3 Å². The number of carboxylic acid groups (broad SMARTS) is 1. The fourth-order valence-corrected chi connectivity index (χ4v) is 2.56. The van der Waals surface area contributed by atoms with Gasteiger partial charge in [-0.1, -0.05) is 11.6 Å². The zero-order valence-corrected chi connectivity index (χ0v) is 13.5. The van der Waals surface area contributed by atoms with Gasteiger partial charge in [0.05, 0.1) is 17.5 Å². The summed E-state index contributed by atoms with van der Waals surface area (Å²) in [5.74, 6) is -1.77. The van der Waals surface area contributed by atoms with Crippen LogP contribution in [0.2, 0.25) is 5.02 Å². The maximum atomic E-state index is 12.2. The van der Waals surface area contributed by atoms with E-state index in [9.17, 15) is 14.4 Å². The normalized spacial score (nSPS) is 15.3. The van der Waals surface area contributed by atoms with Crippen LogP contribution in [-0.2, 0) is 9.59 Å². The summed E-state index contributed by atoms with van der Waals surface area (Å²) in [7, 11) is 1.53. The van der Waals surface area contributed by atoms with Crippen LogP contribution in [0, 0.1) is 5.92 Å². The summed E-state index contributed by atoms with van der Waals surface area (Å²) in [5.41, 5.74) is 0.217. The quantitative estimate of drug-likeness (QED) is 0.888. The van der Waals surface area contributed by atoms with E-state index < -0.39 is 11.9 Å². The van der Waals surface area contributed by atoms with Gasteiger partial charge in [0.1, 0.15) is 5.69 Å². The lowest BCUT2D eigenvalue weighted by atomic mass is 9.97. The number of nitrogens with zero attached hydrogens (tertiary/aromatic N) is 3. The Balaban J connectivity index is 1.88. The van der Waals surface area contributed by atoms with Gasteiger partial charge in [0, 0.05) is 26.3 Å². The van der Waals surface area contributed by atoms with Crippen molar-refractivity contribution in [3.63, 3.8) is 0 Å². The van der Waals surface area contributed by atoms with Crippen LogP contribution < -0.4 is 0 Å². The summed E-state index contributed by atoms with van der Waals surface area (Å²) in [6.07, 6.45) is 2.26. The second-order valence-corrected chi connectivity index (χ2v) is 5.95. The SMILES string of the molecule is CN(CC(=O)N1CCC(C(=O)O)CC1)C(=O)c1ccc(Cl)cn1. The van der Waals surface area contributed by atoms with E-state index in [0.29, 0.717) is 31.0 Å². The van der Waals surface area contributed by atoms with E-state index in [1.165, 1.54) is 24.2 Å². The molecular formula is C15H18ClN3O4. The van der Waals surface area contributed by atoms with Crippen molar-refractivity contribution < 1.29 is 19.5 Å². The maximum absolute atomic E-state index is 12.2. The Morgan fingerprint density at radius 2 is 2.00 bits per heavy atom. The van der Waals surface area contributed by atoms with Crippen molar-refractivity contribution in [2.45, 2.75) is 12.8 Å². The smallest absolute Gasteiger partial charge is 0.306 e. The largest absolute Gasteiger partial charge is 0.481 e. The third kappa shape index (κ3) is 4.41. The van der Waals surface area contributed by atoms with E-state index in [4.69, 9.17) is 16.7 Å². The number of hydrogen-bond donors (Lipinski definition) is 1. The third-order valence-electron chi connectivity index (χ3n) is 3.86. The molecule has 0 unspecified atom stereocenters. The second-order valence-electron chi connectivity index (χ2n) is 5.52. The van der Waals surface area contributed by atoms with E-state index in [1.54, 1.807) is 11.0 Å². The van der Waals surface area contributed by atoms with Crippen LogP contribution in [-0.4, -0.2) is 64.4 Å². The molecule has 124 valence electrons. The van der Waals surface area contributed by atoms with Crippen molar-refractivity contribution in [1.82, 2.24) is 14.8 Å². The van der Waals surface area contributed by atoms with Gasteiger partial charge in [0.25, 0.3) is 5.91 Å². The topological polar surface area (TPSA) is 90.8 Å². The van der Waals surface area contributed by atoms with Crippen LogP contribution in [0.25, 0.3) is 0 Å². The van der Waals surface area contributed by atoms with E-state index >= 15 is 0 Å². The molecule has 0 bridgehead atoms. The van der Waals surface area contributed by atoms with Gasteiger partial charge in [-0.2, -0.15) is 0 Å². The van der Waals surface area contributed by atoms with Gasteiger partial charge < -0.3 is 14.9 Å². The molecule has 0 aromatic carbocycles. The number of halogens is 1. The van der Waals surface area contributed by atoms with Gasteiger partial charge in [-0.05, 0) is 25.0 Å². The number of piperidine rings is 1. The fraction of sp³-hybridized carbons (Fsp3) is 0.467. The van der Waals surface area contributed by atoms with Crippen molar-refractivity contribution in [2.24, 2.45) is 5.92 Å². The van der Waals surface area contributed by atoms with Crippen LogP contribution in [0.5, 0.6) is 0 Å². The molecule has 1 aromatic heterocycles. The van der Waals surface area contributed by atoms with Crippen LogP contribution in [0.4, 0.5) is 0 Å². The Morgan fingerprint density at radius 1 is 1.35 bits per heavy atom. The van der Waals surface area contributed by atoms with Crippen molar-refractivity contribution in [2.75, 3.05) is 26.7 Å². The number of carboxylic acids is 1. The van der Waals surface area contributed by atoms with Gasteiger partial charge in [-0.3, -0.25) is 14.4 Å². The first kappa shape index (κ1) is 17.2. The molecule has 1 fully saturated rings. The number of amides is 2. The standard InChI is InChI=1S/C15H18ClN3O4/c1-18(14(21)12-3-2-11(16)8-17-12)9-13(20)19-6-4-10(5-7-19)15(22)23/h2-3,8,10H,4-7,9H2,1H3,(H,22,23). The monoisotopic (exact) mass is 339 g/mol. The molecule has 8 heteroatoms. The number of carbonyl (C=O) groups excluding carboxylic acids is 2. The van der Waals surface area contributed by atoms with Crippen LogP contribution in [0.3, 0.4) is 0 Å². The zero-order valence-electron chi connectivity index (χ0n) is 12.7. The van der Waals surface area contributed by atoms with Crippen molar-refractivity contribution in [3.8, 4) is 0 Å². The average Bonchev–Trinajstić information content (AvgIpc) is 2.54. The molecule has 7 nitrogen and oxygen atoms in total. The minimum absolute atomic E-state index is 0.0686. The minimum atomic E-state index is -0.821. The highest BCUT2D eigenvalue weighted by molar-refractivity contribution is 6.30. The Labute approximate surface area is 138 Å². The first-order chi connectivity index (χ1) is 10.9. The van der Waals surface area contributed by atoms with E-state index in [1.807, 2.05) is 0 Å². The summed E-state index contributed by atoms with van der Waals surface area (Å²) in [4.78, 5) is 42.1. The molecule has 1 N–H and O–H groups in total. The molecule has 0 aliphatic carbocycles. The first-order valence-electron chi connectivity index (χ1n) is 7.26. The third-order valence-corrected chi connectivity index (χ3v) is 4.09. The molecule has 2 heterocycles. The molecule has 1 aliphatic rings. The summed E-state index contributed by atoms with van der Waals surface area (Å²) in [5, 5.41) is 9.39. The van der Waals surface area contributed by atoms with Gasteiger partial charge in [0.15, 0.2) is 0 Å². The average molecular weight is 340 g/mol. The van der Waals surface area contributed by atoms with Crippen molar-refractivity contribution in [3.05, 3.63) is 29.0 Å². The van der Waals surface area contributed by atoms with Crippen molar-refractivity contribution >= 4 is 29.4 Å². The molecule has 2 rings (SSSR count). The molecule has 0 spiro atoms. The summed E-state index contributed by atoms with van der Waals surface area (Å²) in [6, 6.07) is 3.07. The second kappa shape index (κ2) is 7.41. The zero-order chi connectivity index (χ0) is 17.0. The molecule has 0 saturated carbocycles. The van der Waals surface area contributed by atoms with Crippen LogP contribution in [0.15, 0.2) is 18.3 Å². The lowest BCUT2D eigenvalue weighted by molar-refractivity contribution is -0.145. The highest BCUT2D eigenvalue weighted by Crippen LogP contribution is 2.17. The highest BCUT2D eigenvalue weighted by Gasteiger charge is 2.28. The molecular weight excluding hydrogens is 322 g/mol. The number of rotatable bonds is 4. The lowest BCUT2D eigenvalue weighted by Gasteiger charge is -2.31. The number of pyridine rings is 1. The fourth-order valence-electron chi connectivity index (χ4n) is 2.45. The highest BCUT2D eigenvalue weighted by atomic mass is 35.5. The Bertz CT molecular complexity index is 597. The number of aromatic nitrogens is 1. The van der Waals surface area contributed by atoms with Gasteiger partial charge in [-0.15, -0.1) is 0 Å². The molecule has 1 aromatic rings. The number of carbonyl (C=O) groups is 3. The Kier molecular flexibility index (Phi) is 5.54. The van der Waals surface area contributed by atoms with Gasteiger partial charge in [0.2, 0.25) is 5.91 Å². The van der Waals surface area contributed by atoms with Crippen LogP contribution >= 0.6 is 11.6 Å². The maximum Gasteiger partial charge on any atom is 0.306 e. The number of hydrogen-bond acceptors (Lipinski definition) is 4. The molecule has 0 atom stereocenters. The Hall–Kier alpha value is -2.15. The molecule has 2 amide bonds. The summed E-state index contributed by atoms with van der Waals surface area (Å²) < 4.78 is 0. The van der Waals surface area contributed by atoms with Crippen molar-refractivity contribution in [1.29, 1.82) is 0 Å². The first-order valence-corrected chi connectivity index (χ1v) is 7.64. The summed E-state index contributed by atoms with van der Waals surface area (Å²) in [6.45, 7) is 0.731. The lowest BCUT2D eigenvalue weighted by Crippen LogP contribution is -2.45. The van der Waals surface area contributed by atoms with Gasteiger partial charge >= 0.3 is 5.97 Å². The number of likely N-dealkylation sites (N-methyl/N-ethyl adjacent to an activating group) is 1. The predicted molar refractivity (Wildman–Crippen MR) is 83.1 cm³/mol.